The Balaban J connectivity index is 2.82. The van der Waals surface area contributed by atoms with Crippen molar-refractivity contribution in [1.82, 2.24) is 0 Å². The van der Waals surface area contributed by atoms with E-state index in [1.807, 2.05) is 25.1 Å². The molecular weight excluding hydrogens is 270 g/mol. The Labute approximate surface area is 125 Å². The topological polar surface area (TPSA) is 55.8 Å². The first-order valence-corrected chi connectivity index (χ1v) is 6.98. The monoisotopic (exact) mass is 293 g/mol. The zero-order chi connectivity index (χ0) is 15.9. The van der Waals surface area contributed by atoms with Crippen LogP contribution in [0, 0.1) is 0 Å². The fourth-order valence-corrected chi connectivity index (χ4v) is 1.70. The fourth-order valence-electron chi connectivity index (χ4n) is 1.70. The number of rotatable bonds is 6. The lowest BCUT2D eigenvalue weighted by molar-refractivity contribution is -0.153. The molecule has 5 heteroatoms. The molecule has 0 unspecified atom stereocenters. The first-order valence-electron chi connectivity index (χ1n) is 6.98. The van der Waals surface area contributed by atoms with Gasteiger partial charge in [0.2, 0.25) is 0 Å². The molecule has 116 valence electrons. The normalized spacial score (nSPS) is 11.0. The summed E-state index contributed by atoms with van der Waals surface area (Å²) >= 11 is 0. The van der Waals surface area contributed by atoms with Gasteiger partial charge in [-0.1, -0.05) is 18.2 Å². The molecule has 0 N–H and O–H groups in total. The summed E-state index contributed by atoms with van der Waals surface area (Å²) in [4.78, 5) is 25.5. The van der Waals surface area contributed by atoms with Gasteiger partial charge in [0, 0.05) is 12.3 Å². The molecule has 1 rings (SSSR count). The molecule has 1 aromatic rings. The van der Waals surface area contributed by atoms with E-state index in [-0.39, 0.29) is 19.1 Å². The Morgan fingerprint density at radius 1 is 1.14 bits per heavy atom. The van der Waals surface area contributed by atoms with Crippen molar-refractivity contribution in [2.75, 3.05) is 24.7 Å². The summed E-state index contributed by atoms with van der Waals surface area (Å²) in [5.74, 6) is -0.717. The van der Waals surface area contributed by atoms with E-state index >= 15 is 0 Å². The number of carbonyl (C=O) groups excluding carboxylic acids is 2. The molecular formula is C16H23NO4. The molecule has 0 radical (unpaired) electrons. The third-order valence-electron chi connectivity index (χ3n) is 2.51. The highest BCUT2D eigenvalue weighted by Crippen LogP contribution is 2.15. The standard InChI is InChI=1S/C16H23NO4/c1-5-20-12-14(18)17(13-9-7-6-8-10-13)11-15(19)21-16(2,3)4/h6-10H,5,11-12H2,1-4H3. The van der Waals surface area contributed by atoms with Crippen LogP contribution in [0.25, 0.3) is 0 Å². The number of amides is 1. The molecule has 0 fully saturated rings. The minimum atomic E-state index is -0.581. The van der Waals surface area contributed by atoms with Crippen molar-refractivity contribution in [3.05, 3.63) is 30.3 Å². The van der Waals surface area contributed by atoms with E-state index in [0.717, 1.165) is 0 Å². The van der Waals surface area contributed by atoms with Gasteiger partial charge in [-0.25, -0.2) is 0 Å². The third kappa shape index (κ3) is 6.40. The van der Waals surface area contributed by atoms with Crippen molar-refractivity contribution in [3.8, 4) is 0 Å². The maximum atomic E-state index is 12.2. The Kier molecular flexibility index (Phi) is 6.37. The second-order valence-corrected chi connectivity index (χ2v) is 5.54. The Morgan fingerprint density at radius 3 is 2.29 bits per heavy atom. The van der Waals surface area contributed by atoms with Crippen molar-refractivity contribution in [3.63, 3.8) is 0 Å². The lowest BCUT2D eigenvalue weighted by Crippen LogP contribution is -2.40. The predicted octanol–water partition coefficient (Wildman–Crippen LogP) is 2.40. The van der Waals surface area contributed by atoms with Crippen molar-refractivity contribution < 1.29 is 19.1 Å². The number of carbonyl (C=O) groups is 2. The first-order chi connectivity index (χ1) is 9.83. The zero-order valence-electron chi connectivity index (χ0n) is 13.1. The summed E-state index contributed by atoms with van der Waals surface area (Å²) in [5.41, 5.74) is 0.0654. The minimum absolute atomic E-state index is 0.0613. The first kappa shape index (κ1) is 17.2. The Hall–Kier alpha value is -1.88. The second kappa shape index (κ2) is 7.78. The van der Waals surface area contributed by atoms with E-state index in [1.54, 1.807) is 32.9 Å². The third-order valence-corrected chi connectivity index (χ3v) is 2.51. The molecule has 0 aliphatic rings. The Morgan fingerprint density at radius 2 is 1.76 bits per heavy atom. The lowest BCUT2D eigenvalue weighted by Gasteiger charge is -2.25. The number of anilines is 1. The van der Waals surface area contributed by atoms with Crippen LogP contribution in [0.1, 0.15) is 27.7 Å². The van der Waals surface area contributed by atoms with Gasteiger partial charge >= 0.3 is 5.97 Å². The molecule has 0 heterocycles. The maximum Gasteiger partial charge on any atom is 0.326 e. The van der Waals surface area contributed by atoms with Crippen molar-refractivity contribution in [1.29, 1.82) is 0 Å². The summed E-state index contributed by atoms with van der Waals surface area (Å²) < 4.78 is 10.4. The molecule has 1 aromatic carbocycles. The molecule has 0 aromatic heterocycles. The number of hydrogen-bond donors (Lipinski definition) is 0. The van der Waals surface area contributed by atoms with Crippen LogP contribution >= 0.6 is 0 Å². The number of nitrogens with zero attached hydrogens (tertiary/aromatic N) is 1. The van der Waals surface area contributed by atoms with Crippen LogP contribution in [0.3, 0.4) is 0 Å². The summed E-state index contributed by atoms with van der Waals surface area (Å²) in [6.45, 7) is 7.44. The quantitative estimate of drug-likeness (QED) is 0.756. The fraction of sp³-hybridized carbons (Fsp3) is 0.500. The highest BCUT2D eigenvalue weighted by Gasteiger charge is 2.23. The molecule has 5 nitrogen and oxygen atoms in total. The van der Waals surface area contributed by atoms with Crippen molar-refractivity contribution in [2.45, 2.75) is 33.3 Å². The summed E-state index contributed by atoms with van der Waals surface area (Å²) in [5, 5.41) is 0. The van der Waals surface area contributed by atoms with Gasteiger partial charge < -0.3 is 9.47 Å². The van der Waals surface area contributed by atoms with Crippen LogP contribution in [0.15, 0.2) is 30.3 Å². The van der Waals surface area contributed by atoms with Gasteiger partial charge in [0.25, 0.3) is 5.91 Å². The van der Waals surface area contributed by atoms with Crippen LogP contribution in [-0.2, 0) is 19.1 Å². The zero-order valence-corrected chi connectivity index (χ0v) is 13.1. The molecule has 0 bridgehead atoms. The van der Waals surface area contributed by atoms with E-state index in [9.17, 15) is 9.59 Å². The summed E-state index contributed by atoms with van der Waals surface area (Å²) in [7, 11) is 0. The van der Waals surface area contributed by atoms with E-state index in [0.29, 0.717) is 12.3 Å². The van der Waals surface area contributed by atoms with Crippen LogP contribution < -0.4 is 4.90 Å². The van der Waals surface area contributed by atoms with Gasteiger partial charge in [-0.2, -0.15) is 0 Å². The SMILES string of the molecule is CCOCC(=O)N(CC(=O)OC(C)(C)C)c1ccccc1. The van der Waals surface area contributed by atoms with Gasteiger partial charge in [-0.3, -0.25) is 14.5 Å². The number of ether oxygens (including phenoxy) is 2. The van der Waals surface area contributed by atoms with Crippen LogP contribution in [-0.4, -0.2) is 37.2 Å². The van der Waals surface area contributed by atoms with Gasteiger partial charge in [-0.05, 0) is 39.8 Å². The summed E-state index contributed by atoms with van der Waals surface area (Å²) in [6.07, 6.45) is 0. The molecule has 21 heavy (non-hydrogen) atoms. The average Bonchev–Trinajstić information content (AvgIpc) is 2.41. The van der Waals surface area contributed by atoms with Gasteiger partial charge in [0.15, 0.2) is 0 Å². The number of hydrogen-bond acceptors (Lipinski definition) is 4. The molecule has 1 amide bonds. The van der Waals surface area contributed by atoms with Gasteiger partial charge in [0.05, 0.1) is 0 Å². The Bertz CT molecular complexity index is 465. The van der Waals surface area contributed by atoms with E-state index in [1.165, 1.54) is 4.90 Å². The molecule has 0 saturated heterocycles. The van der Waals surface area contributed by atoms with E-state index in [2.05, 4.69) is 0 Å². The number of para-hydroxylation sites is 1. The van der Waals surface area contributed by atoms with E-state index < -0.39 is 11.6 Å². The number of esters is 1. The highest BCUT2D eigenvalue weighted by molar-refractivity contribution is 5.98. The van der Waals surface area contributed by atoms with Crippen LogP contribution in [0.5, 0.6) is 0 Å². The minimum Gasteiger partial charge on any atom is -0.459 e. The molecule has 0 aliphatic heterocycles. The summed E-state index contributed by atoms with van der Waals surface area (Å²) in [6, 6.07) is 9.02. The molecule has 0 atom stereocenters. The number of benzene rings is 1. The van der Waals surface area contributed by atoms with E-state index in [4.69, 9.17) is 9.47 Å². The average molecular weight is 293 g/mol. The lowest BCUT2D eigenvalue weighted by atomic mass is 10.2. The van der Waals surface area contributed by atoms with Gasteiger partial charge in [0.1, 0.15) is 18.8 Å². The second-order valence-electron chi connectivity index (χ2n) is 5.54. The van der Waals surface area contributed by atoms with Gasteiger partial charge in [-0.15, -0.1) is 0 Å². The van der Waals surface area contributed by atoms with Crippen LogP contribution in [0.4, 0.5) is 5.69 Å². The predicted molar refractivity (Wildman–Crippen MR) is 81.1 cm³/mol. The largest absolute Gasteiger partial charge is 0.459 e. The molecule has 0 aliphatic carbocycles. The van der Waals surface area contributed by atoms with Crippen molar-refractivity contribution >= 4 is 17.6 Å². The maximum absolute atomic E-state index is 12.2. The molecule has 0 saturated carbocycles. The molecule has 0 spiro atoms. The van der Waals surface area contributed by atoms with Crippen LogP contribution in [0.2, 0.25) is 0 Å². The smallest absolute Gasteiger partial charge is 0.326 e. The highest BCUT2D eigenvalue weighted by atomic mass is 16.6. The van der Waals surface area contributed by atoms with Crippen molar-refractivity contribution in [2.24, 2.45) is 0 Å².